The Labute approximate surface area is 129 Å². The zero-order valence-corrected chi connectivity index (χ0v) is 12.6. The van der Waals surface area contributed by atoms with E-state index in [9.17, 15) is 18.0 Å². The van der Waals surface area contributed by atoms with Crippen LogP contribution in [-0.2, 0) is 24.4 Å². The first kappa shape index (κ1) is 16.4. The van der Waals surface area contributed by atoms with Gasteiger partial charge in [-0.25, -0.2) is 0 Å². The van der Waals surface area contributed by atoms with Gasteiger partial charge in [-0.05, 0) is 31.2 Å². The summed E-state index contributed by atoms with van der Waals surface area (Å²) < 4.78 is 40.4. The number of halogens is 4. The maximum atomic E-state index is 12.9. The molecule has 8 heteroatoms. The van der Waals surface area contributed by atoms with E-state index < -0.39 is 17.6 Å². The van der Waals surface area contributed by atoms with Crippen LogP contribution in [0.15, 0.2) is 24.3 Å². The van der Waals surface area contributed by atoms with Gasteiger partial charge in [0.15, 0.2) is 0 Å². The topological polar surface area (TPSA) is 46.9 Å². The molecule has 1 aromatic carbocycles. The van der Waals surface area contributed by atoms with Crippen LogP contribution >= 0.6 is 11.6 Å². The fourth-order valence-electron chi connectivity index (χ4n) is 2.05. The Kier molecular flexibility index (Phi) is 4.46. The molecule has 0 unspecified atom stereocenters. The van der Waals surface area contributed by atoms with E-state index >= 15 is 0 Å². The first-order valence-corrected chi connectivity index (χ1v) is 6.70. The Morgan fingerprint density at radius 1 is 1.36 bits per heavy atom. The van der Waals surface area contributed by atoms with Crippen molar-refractivity contribution < 1.29 is 18.0 Å². The third-order valence-electron chi connectivity index (χ3n) is 3.00. The zero-order chi connectivity index (χ0) is 16.5. The van der Waals surface area contributed by atoms with Gasteiger partial charge in [-0.1, -0.05) is 11.6 Å². The van der Waals surface area contributed by atoms with Crippen molar-refractivity contribution in [3.8, 4) is 0 Å². The summed E-state index contributed by atoms with van der Waals surface area (Å²) in [6.45, 7) is 1.77. The lowest BCUT2D eigenvalue weighted by Crippen LogP contribution is -2.19. The lowest BCUT2D eigenvalue weighted by molar-refractivity contribution is -0.137. The van der Waals surface area contributed by atoms with Crippen molar-refractivity contribution in [3.63, 3.8) is 0 Å². The van der Waals surface area contributed by atoms with E-state index in [1.165, 1.54) is 10.7 Å². The van der Waals surface area contributed by atoms with Gasteiger partial charge in [0, 0.05) is 17.8 Å². The van der Waals surface area contributed by atoms with E-state index in [-0.39, 0.29) is 17.1 Å². The van der Waals surface area contributed by atoms with Crippen molar-refractivity contribution in [2.45, 2.75) is 19.5 Å². The number of anilines is 1. The minimum Gasteiger partial charge on any atom is -0.325 e. The van der Waals surface area contributed by atoms with Crippen LogP contribution in [0.1, 0.15) is 17.0 Å². The van der Waals surface area contributed by atoms with E-state index in [0.717, 1.165) is 17.8 Å². The van der Waals surface area contributed by atoms with Crippen molar-refractivity contribution in [3.05, 3.63) is 46.2 Å². The van der Waals surface area contributed by atoms with Gasteiger partial charge >= 0.3 is 6.18 Å². The summed E-state index contributed by atoms with van der Waals surface area (Å²) >= 11 is 5.59. The number of aromatic nitrogens is 2. The highest BCUT2D eigenvalue weighted by Crippen LogP contribution is 2.36. The van der Waals surface area contributed by atoms with Gasteiger partial charge in [0.05, 0.1) is 23.4 Å². The first-order valence-electron chi connectivity index (χ1n) is 6.33. The molecule has 2 aromatic rings. The van der Waals surface area contributed by atoms with Crippen LogP contribution in [0.5, 0.6) is 0 Å². The number of hydrogen-bond acceptors (Lipinski definition) is 2. The molecule has 0 aliphatic heterocycles. The molecule has 0 saturated carbocycles. The standard InChI is InChI=1S/C14H13ClF3N3O/c1-8-5-10(21(2)20-8)7-13(22)19-12-4-3-9(15)6-11(12)14(16,17)18/h3-6H,7H2,1-2H3,(H,19,22). The number of alkyl halides is 3. The van der Waals surface area contributed by atoms with Crippen LogP contribution in [0.3, 0.4) is 0 Å². The van der Waals surface area contributed by atoms with Crippen molar-refractivity contribution >= 4 is 23.2 Å². The summed E-state index contributed by atoms with van der Waals surface area (Å²) in [5.74, 6) is -0.559. The fraction of sp³-hybridized carbons (Fsp3) is 0.286. The fourth-order valence-corrected chi connectivity index (χ4v) is 2.22. The Hall–Kier alpha value is -2.02. The molecule has 0 fully saturated rings. The SMILES string of the molecule is Cc1cc(CC(=O)Nc2ccc(Cl)cc2C(F)(F)F)n(C)n1. The Bertz CT molecular complexity index is 710. The molecule has 22 heavy (non-hydrogen) atoms. The molecule has 1 N–H and O–H groups in total. The van der Waals surface area contributed by atoms with Crippen LogP contribution in [0, 0.1) is 6.92 Å². The Morgan fingerprint density at radius 3 is 2.59 bits per heavy atom. The number of carbonyl (C=O) groups is 1. The van der Waals surface area contributed by atoms with Crippen LogP contribution < -0.4 is 5.32 Å². The second-order valence-corrected chi connectivity index (χ2v) is 5.25. The summed E-state index contributed by atoms with van der Waals surface area (Å²) in [7, 11) is 1.67. The average Bonchev–Trinajstić information content (AvgIpc) is 2.68. The number of aryl methyl sites for hydroxylation is 2. The normalized spacial score (nSPS) is 11.5. The van der Waals surface area contributed by atoms with Gasteiger partial charge in [0.1, 0.15) is 0 Å². The molecular formula is C14H13ClF3N3O. The Balaban J connectivity index is 2.20. The Morgan fingerprint density at radius 2 is 2.05 bits per heavy atom. The second kappa shape index (κ2) is 6.00. The second-order valence-electron chi connectivity index (χ2n) is 4.81. The molecular weight excluding hydrogens is 319 g/mol. The molecule has 118 valence electrons. The summed E-state index contributed by atoms with van der Waals surface area (Å²) in [6.07, 6.45) is -4.67. The smallest absolute Gasteiger partial charge is 0.325 e. The molecule has 1 amide bonds. The average molecular weight is 332 g/mol. The molecule has 0 saturated heterocycles. The first-order chi connectivity index (χ1) is 10.2. The number of carbonyl (C=O) groups excluding carboxylic acids is 1. The van der Waals surface area contributed by atoms with Crippen molar-refractivity contribution in [1.29, 1.82) is 0 Å². The highest BCUT2D eigenvalue weighted by molar-refractivity contribution is 6.30. The lowest BCUT2D eigenvalue weighted by atomic mass is 10.1. The summed E-state index contributed by atoms with van der Waals surface area (Å²) in [5.41, 5.74) is 0.0422. The van der Waals surface area contributed by atoms with Crippen LogP contribution in [0.2, 0.25) is 5.02 Å². The van der Waals surface area contributed by atoms with E-state index in [4.69, 9.17) is 11.6 Å². The van der Waals surface area contributed by atoms with Gasteiger partial charge in [0.2, 0.25) is 5.91 Å². The predicted molar refractivity (Wildman–Crippen MR) is 76.7 cm³/mol. The van der Waals surface area contributed by atoms with E-state index in [0.29, 0.717) is 5.69 Å². The predicted octanol–water partition coefficient (Wildman–Crippen LogP) is 3.58. The minimum absolute atomic E-state index is 0.0485. The van der Waals surface area contributed by atoms with E-state index in [1.807, 2.05) is 0 Å². The van der Waals surface area contributed by atoms with Gasteiger partial charge in [-0.2, -0.15) is 18.3 Å². The highest BCUT2D eigenvalue weighted by Gasteiger charge is 2.34. The van der Waals surface area contributed by atoms with Gasteiger partial charge in [-0.3, -0.25) is 9.48 Å². The van der Waals surface area contributed by atoms with E-state index in [1.54, 1.807) is 20.0 Å². The van der Waals surface area contributed by atoms with Gasteiger partial charge in [0.25, 0.3) is 0 Å². The summed E-state index contributed by atoms with van der Waals surface area (Å²) in [6, 6.07) is 4.91. The molecule has 0 aliphatic carbocycles. The number of amides is 1. The molecule has 1 aromatic heterocycles. The number of nitrogens with zero attached hydrogens (tertiary/aromatic N) is 2. The number of hydrogen-bond donors (Lipinski definition) is 1. The van der Waals surface area contributed by atoms with E-state index in [2.05, 4.69) is 10.4 Å². The molecule has 0 atom stereocenters. The third-order valence-corrected chi connectivity index (χ3v) is 3.24. The maximum absolute atomic E-state index is 12.9. The monoisotopic (exact) mass is 331 g/mol. The van der Waals surface area contributed by atoms with Crippen molar-refractivity contribution in [1.82, 2.24) is 9.78 Å². The minimum atomic E-state index is -4.60. The molecule has 1 heterocycles. The van der Waals surface area contributed by atoms with Crippen LogP contribution in [0.4, 0.5) is 18.9 Å². The number of rotatable bonds is 3. The van der Waals surface area contributed by atoms with Crippen molar-refractivity contribution in [2.75, 3.05) is 5.32 Å². The molecule has 2 rings (SSSR count). The molecule has 0 bridgehead atoms. The molecule has 0 aliphatic rings. The summed E-state index contributed by atoms with van der Waals surface area (Å²) in [4.78, 5) is 12.0. The molecule has 4 nitrogen and oxygen atoms in total. The van der Waals surface area contributed by atoms with Crippen LogP contribution in [-0.4, -0.2) is 15.7 Å². The van der Waals surface area contributed by atoms with Crippen LogP contribution in [0.25, 0.3) is 0 Å². The molecule has 0 spiro atoms. The molecule has 0 radical (unpaired) electrons. The highest BCUT2D eigenvalue weighted by atomic mass is 35.5. The number of nitrogens with one attached hydrogen (secondary N) is 1. The van der Waals surface area contributed by atoms with Gasteiger partial charge in [-0.15, -0.1) is 0 Å². The summed E-state index contributed by atoms with van der Waals surface area (Å²) in [5, 5.41) is 6.30. The lowest BCUT2D eigenvalue weighted by Gasteiger charge is -2.14. The maximum Gasteiger partial charge on any atom is 0.418 e. The van der Waals surface area contributed by atoms with Gasteiger partial charge < -0.3 is 5.32 Å². The number of benzene rings is 1. The quantitative estimate of drug-likeness (QED) is 0.934. The third kappa shape index (κ3) is 3.79. The largest absolute Gasteiger partial charge is 0.418 e. The zero-order valence-electron chi connectivity index (χ0n) is 11.8. The van der Waals surface area contributed by atoms with Crippen molar-refractivity contribution in [2.24, 2.45) is 7.05 Å².